The van der Waals surface area contributed by atoms with Crippen molar-refractivity contribution in [3.63, 3.8) is 0 Å². The van der Waals surface area contributed by atoms with Crippen LogP contribution in [-0.4, -0.2) is 40.1 Å². The lowest BCUT2D eigenvalue weighted by Crippen LogP contribution is -2.37. The number of rotatable bonds is 4. The molecule has 0 saturated carbocycles. The van der Waals surface area contributed by atoms with Crippen molar-refractivity contribution in [1.29, 1.82) is 0 Å². The Morgan fingerprint density at radius 3 is 2.66 bits per heavy atom. The summed E-state index contributed by atoms with van der Waals surface area (Å²) in [6.45, 7) is 9.88. The molecule has 1 aromatic heterocycles. The molecule has 0 saturated heterocycles. The fourth-order valence-corrected chi connectivity index (χ4v) is 3.71. The van der Waals surface area contributed by atoms with Crippen LogP contribution in [0.5, 0.6) is 0 Å². The van der Waals surface area contributed by atoms with Crippen molar-refractivity contribution < 1.29 is 18.7 Å². The van der Waals surface area contributed by atoms with Crippen LogP contribution in [0.1, 0.15) is 60.6 Å². The van der Waals surface area contributed by atoms with E-state index in [4.69, 9.17) is 4.74 Å². The van der Waals surface area contributed by atoms with Gasteiger partial charge in [0, 0.05) is 35.0 Å². The molecule has 0 fully saturated rings. The molecule has 1 aliphatic rings. The second-order valence-electron chi connectivity index (χ2n) is 7.82. The monoisotopic (exact) mass is 399 g/mol. The maximum absolute atomic E-state index is 14.0. The van der Waals surface area contributed by atoms with E-state index in [1.165, 1.54) is 17.2 Å². The Balaban J connectivity index is 2.13. The third-order valence-corrected chi connectivity index (χ3v) is 5.15. The second-order valence-corrected chi connectivity index (χ2v) is 7.82. The summed E-state index contributed by atoms with van der Waals surface area (Å²) in [5, 5.41) is 7.38. The minimum atomic E-state index is -0.548. The third kappa shape index (κ3) is 3.81. The Bertz CT molecular complexity index is 991. The number of aromatic nitrogens is 2. The predicted octanol–water partition coefficient (Wildman–Crippen LogP) is 3.76. The molecule has 0 bridgehead atoms. The number of fused-ring (bicyclic) bond motifs is 1. The molecule has 0 spiro atoms. The zero-order valence-electron chi connectivity index (χ0n) is 17.4. The number of carbonyl (C=O) groups excluding carboxylic acids is 2. The summed E-state index contributed by atoms with van der Waals surface area (Å²) < 4.78 is 19.2. The van der Waals surface area contributed by atoms with Gasteiger partial charge in [0.25, 0.3) is 5.91 Å². The van der Waals surface area contributed by atoms with Crippen molar-refractivity contribution in [3.8, 4) is 0 Å². The number of hydrogen-bond donors (Lipinski definition) is 1. The molecule has 0 unspecified atom stereocenters. The van der Waals surface area contributed by atoms with Gasteiger partial charge in [0.1, 0.15) is 17.1 Å². The summed E-state index contributed by atoms with van der Waals surface area (Å²) in [6, 6.07) is 4.39. The highest BCUT2D eigenvalue weighted by molar-refractivity contribution is 6.17. The Kier molecular flexibility index (Phi) is 5.59. The number of aromatic amines is 1. The quantitative estimate of drug-likeness (QED) is 0.795. The van der Waals surface area contributed by atoms with Crippen LogP contribution >= 0.6 is 0 Å². The molecule has 0 radical (unpaired) electrons. The molecule has 1 aromatic carbocycles. The topological polar surface area (TPSA) is 75.3 Å². The average molecular weight is 399 g/mol. The van der Waals surface area contributed by atoms with E-state index < -0.39 is 17.2 Å². The van der Waals surface area contributed by atoms with E-state index in [2.05, 4.69) is 10.2 Å². The average Bonchev–Trinajstić information content (AvgIpc) is 3.06. The standard InChI is InChI=1S/C22H26FN3O3/c1-6-17-18-19(25-24-17)15(21(28)29-7-2)11-26(12-22(18,4)5)20(27)14-9-8-13(3)16(23)10-14/h8-11H,6-7,12H2,1-5H3,(H,24,25). The van der Waals surface area contributed by atoms with Crippen molar-refractivity contribution >= 4 is 17.4 Å². The van der Waals surface area contributed by atoms with E-state index in [0.717, 1.165) is 11.3 Å². The normalized spacial score (nSPS) is 15.4. The van der Waals surface area contributed by atoms with Crippen LogP contribution in [0.15, 0.2) is 24.4 Å². The molecule has 1 amide bonds. The van der Waals surface area contributed by atoms with Gasteiger partial charge in [-0.05, 0) is 38.0 Å². The predicted molar refractivity (Wildman–Crippen MR) is 108 cm³/mol. The van der Waals surface area contributed by atoms with Crippen molar-refractivity contribution in [2.45, 2.75) is 46.5 Å². The number of halogens is 1. The lowest BCUT2D eigenvalue weighted by Gasteiger charge is -2.30. The SMILES string of the molecule is CCOC(=O)C1=CN(C(=O)c2ccc(C)c(F)c2)CC(C)(C)c2c1n[nH]c2CC. The van der Waals surface area contributed by atoms with Crippen LogP contribution in [0.25, 0.3) is 5.57 Å². The molecule has 0 aliphatic carbocycles. The van der Waals surface area contributed by atoms with E-state index in [1.54, 1.807) is 26.0 Å². The lowest BCUT2D eigenvalue weighted by molar-refractivity contribution is -0.136. The first-order chi connectivity index (χ1) is 13.7. The van der Waals surface area contributed by atoms with Gasteiger partial charge in [-0.25, -0.2) is 9.18 Å². The van der Waals surface area contributed by atoms with Gasteiger partial charge in [0.15, 0.2) is 0 Å². The summed E-state index contributed by atoms with van der Waals surface area (Å²) in [5.74, 6) is -1.37. The van der Waals surface area contributed by atoms with E-state index in [0.29, 0.717) is 24.2 Å². The third-order valence-electron chi connectivity index (χ3n) is 5.15. The zero-order valence-corrected chi connectivity index (χ0v) is 17.4. The van der Waals surface area contributed by atoms with E-state index in [9.17, 15) is 14.0 Å². The molecule has 2 heterocycles. The summed E-state index contributed by atoms with van der Waals surface area (Å²) in [6.07, 6.45) is 2.19. The molecule has 3 rings (SSSR count). The molecule has 7 heteroatoms. The molecule has 0 atom stereocenters. The largest absolute Gasteiger partial charge is 0.462 e. The first kappa shape index (κ1) is 20.8. The Hall–Kier alpha value is -2.96. The van der Waals surface area contributed by atoms with Gasteiger partial charge >= 0.3 is 5.97 Å². The maximum Gasteiger partial charge on any atom is 0.341 e. The molecule has 154 valence electrons. The number of amides is 1. The van der Waals surface area contributed by atoms with Crippen molar-refractivity contribution in [2.24, 2.45) is 0 Å². The van der Waals surface area contributed by atoms with Gasteiger partial charge in [-0.1, -0.05) is 26.8 Å². The van der Waals surface area contributed by atoms with Gasteiger partial charge < -0.3 is 9.64 Å². The first-order valence-corrected chi connectivity index (χ1v) is 9.73. The summed E-state index contributed by atoms with van der Waals surface area (Å²) >= 11 is 0. The van der Waals surface area contributed by atoms with Crippen LogP contribution < -0.4 is 0 Å². The molecule has 2 aromatic rings. The molecule has 1 N–H and O–H groups in total. The number of H-pyrrole nitrogens is 1. The molecular formula is C22H26FN3O3. The second kappa shape index (κ2) is 7.81. The molecular weight excluding hydrogens is 373 g/mol. The highest BCUT2D eigenvalue weighted by Crippen LogP contribution is 2.37. The van der Waals surface area contributed by atoms with Crippen LogP contribution in [0.3, 0.4) is 0 Å². The lowest BCUT2D eigenvalue weighted by atomic mass is 9.81. The van der Waals surface area contributed by atoms with Gasteiger partial charge in [-0.3, -0.25) is 9.89 Å². The Labute approximate surface area is 169 Å². The molecule has 6 nitrogen and oxygen atoms in total. The van der Waals surface area contributed by atoms with Crippen LogP contribution in [0.4, 0.5) is 4.39 Å². The van der Waals surface area contributed by atoms with Crippen molar-refractivity contribution in [1.82, 2.24) is 15.1 Å². The summed E-state index contributed by atoms with van der Waals surface area (Å²) in [7, 11) is 0. The smallest absolute Gasteiger partial charge is 0.341 e. The zero-order chi connectivity index (χ0) is 21.3. The minimum absolute atomic E-state index is 0.205. The van der Waals surface area contributed by atoms with Gasteiger partial charge in [0.2, 0.25) is 0 Å². The van der Waals surface area contributed by atoms with Crippen LogP contribution in [-0.2, 0) is 21.4 Å². The Morgan fingerprint density at radius 1 is 1.31 bits per heavy atom. The van der Waals surface area contributed by atoms with Crippen LogP contribution in [0, 0.1) is 12.7 Å². The van der Waals surface area contributed by atoms with Crippen molar-refractivity contribution in [3.05, 3.63) is 58.3 Å². The molecule has 29 heavy (non-hydrogen) atoms. The van der Waals surface area contributed by atoms with E-state index in [-0.39, 0.29) is 23.7 Å². The van der Waals surface area contributed by atoms with E-state index >= 15 is 0 Å². The minimum Gasteiger partial charge on any atom is -0.462 e. The number of benzene rings is 1. The van der Waals surface area contributed by atoms with Crippen molar-refractivity contribution in [2.75, 3.05) is 13.2 Å². The summed E-state index contributed by atoms with van der Waals surface area (Å²) in [5.41, 5.74) is 2.71. The Morgan fingerprint density at radius 2 is 2.03 bits per heavy atom. The van der Waals surface area contributed by atoms with Gasteiger partial charge in [-0.2, -0.15) is 5.10 Å². The number of ether oxygens (including phenoxy) is 1. The highest BCUT2D eigenvalue weighted by atomic mass is 19.1. The fraction of sp³-hybridized carbons (Fsp3) is 0.409. The number of hydrogen-bond acceptors (Lipinski definition) is 4. The number of nitrogens with one attached hydrogen (secondary N) is 1. The number of esters is 1. The van der Waals surface area contributed by atoms with Crippen LogP contribution in [0.2, 0.25) is 0 Å². The fourth-order valence-electron chi connectivity index (χ4n) is 3.71. The number of carbonyl (C=O) groups is 2. The molecule has 1 aliphatic heterocycles. The number of aryl methyl sites for hydroxylation is 2. The van der Waals surface area contributed by atoms with E-state index in [1.807, 2.05) is 20.8 Å². The highest BCUT2D eigenvalue weighted by Gasteiger charge is 2.38. The first-order valence-electron chi connectivity index (χ1n) is 9.73. The summed E-state index contributed by atoms with van der Waals surface area (Å²) in [4.78, 5) is 27.3. The van der Waals surface area contributed by atoms with Gasteiger partial charge in [0.05, 0.1) is 6.61 Å². The van der Waals surface area contributed by atoms with Gasteiger partial charge in [-0.15, -0.1) is 0 Å². The number of nitrogens with zero attached hydrogens (tertiary/aromatic N) is 2. The maximum atomic E-state index is 14.0.